The van der Waals surface area contributed by atoms with Crippen LogP contribution >= 0.6 is 0 Å². The van der Waals surface area contributed by atoms with Gasteiger partial charge in [0.05, 0.1) is 11.7 Å². The van der Waals surface area contributed by atoms with Gasteiger partial charge in [0.25, 0.3) is 5.91 Å². The number of carbonyl (C=O) groups excluding carboxylic acids is 2. The van der Waals surface area contributed by atoms with Gasteiger partial charge in [-0.2, -0.15) is 0 Å². The van der Waals surface area contributed by atoms with Crippen LogP contribution in [0.5, 0.6) is 0 Å². The molecule has 4 rings (SSSR count). The molecule has 2 fully saturated rings. The van der Waals surface area contributed by atoms with Crippen LogP contribution in [0.15, 0.2) is 48.5 Å². The van der Waals surface area contributed by atoms with Gasteiger partial charge in [-0.25, -0.2) is 14.8 Å². The Morgan fingerprint density at radius 3 is 2.61 bits per heavy atom. The maximum Gasteiger partial charge on any atom is 0.318 e. The van der Waals surface area contributed by atoms with E-state index in [0.717, 1.165) is 37.3 Å². The molecule has 2 aliphatic heterocycles. The highest BCUT2D eigenvalue weighted by Crippen LogP contribution is 2.27. The number of hydrazine groups is 1. The molecule has 3 amide bonds. The third-order valence-corrected chi connectivity index (χ3v) is 7.01. The number of amides is 3. The highest BCUT2D eigenvalue weighted by molar-refractivity contribution is 6.01. The molecule has 7 heteroatoms. The quantitative estimate of drug-likeness (QED) is 0.766. The summed E-state index contributed by atoms with van der Waals surface area (Å²) >= 11 is 0. The van der Waals surface area contributed by atoms with Gasteiger partial charge in [0, 0.05) is 45.3 Å². The van der Waals surface area contributed by atoms with Crippen LogP contribution in [0.25, 0.3) is 0 Å². The second kappa shape index (κ2) is 9.82. The number of hydrogen-bond acceptors (Lipinski definition) is 4. The Bertz CT molecular complexity index is 954. The van der Waals surface area contributed by atoms with Crippen LogP contribution in [0.3, 0.4) is 0 Å². The molecule has 1 N–H and O–H groups in total. The van der Waals surface area contributed by atoms with E-state index in [1.807, 2.05) is 68.5 Å². The van der Waals surface area contributed by atoms with Crippen LogP contribution in [0.2, 0.25) is 0 Å². The highest BCUT2D eigenvalue weighted by atomic mass is 16.2. The molecule has 2 heterocycles. The largest absolute Gasteiger partial charge is 0.325 e. The summed E-state index contributed by atoms with van der Waals surface area (Å²) in [7, 11) is 3.72. The fourth-order valence-electron chi connectivity index (χ4n) is 5.00. The first kappa shape index (κ1) is 23.1. The molecule has 4 atom stereocenters. The molecule has 2 saturated heterocycles. The molecule has 33 heavy (non-hydrogen) atoms. The van der Waals surface area contributed by atoms with E-state index in [0.29, 0.717) is 5.92 Å². The van der Waals surface area contributed by atoms with Gasteiger partial charge in [-0.1, -0.05) is 43.3 Å². The maximum absolute atomic E-state index is 13.2. The smallest absolute Gasteiger partial charge is 0.318 e. The van der Waals surface area contributed by atoms with Gasteiger partial charge in [-0.3, -0.25) is 9.69 Å². The first-order chi connectivity index (χ1) is 15.9. The Balaban J connectivity index is 1.36. The number of nitrogens with one attached hydrogen (secondary N) is 1. The first-order valence-corrected chi connectivity index (χ1v) is 11.6. The Labute approximate surface area is 196 Å². The number of urea groups is 1. The van der Waals surface area contributed by atoms with Gasteiger partial charge < -0.3 is 10.2 Å². The van der Waals surface area contributed by atoms with Crippen molar-refractivity contribution >= 4 is 17.6 Å². The zero-order valence-electron chi connectivity index (χ0n) is 19.9. The fourth-order valence-corrected chi connectivity index (χ4v) is 5.00. The summed E-state index contributed by atoms with van der Waals surface area (Å²) in [5.74, 6) is 0.208. The SMILES string of the molecule is CC1CN(Cc2c#cccc2)CCC1N(C)C(=O)NC1C(=O)N(c2ccccc2)N(C)C1C. The van der Waals surface area contributed by atoms with Crippen LogP contribution in [0.1, 0.15) is 25.8 Å². The number of anilines is 1. The summed E-state index contributed by atoms with van der Waals surface area (Å²) in [5.41, 5.74) is 1.94. The van der Waals surface area contributed by atoms with E-state index in [-0.39, 0.29) is 24.0 Å². The van der Waals surface area contributed by atoms with Crippen molar-refractivity contribution in [3.8, 4) is 0 Å². The summed E-state index contributed by atoms with van der Waals surface area (Å²) < 4.78 is 0. The summed E-state index contributed by atoms with van der Waals surface area (Å²) in [5, 5.41) is 6.55. The lowest BCUT2D eigenvalue weighted by Crippen LogP contribution is -2.56. The third-order valence-electron chi connectivity index (χ3n) is 7.01. The molecule has 0 spiro atoms. The minimum absolute atomic E-state index is 0.114. The predicted molar refractivity (Wildman–Crippen MR) is 128 cm³/mol. The second-order valence-corrected chi connectivity index (χ2v) is 9.23. The lowest BCUT2D eigenvalue weighted by atomic mass is 9.92. The molecule has 2 aromatic rings. The average molecular weight is 448 g/mol. The van der Waals surface area contributed by atoms with E-state index in [2.05, 4.69) is 35.3 Å². The summed E-state index contributed by atoms with van der Waals surface area (Å²) in [4.78, 5) is 30.5. The second-order valence-electron chi connectivity index (χ2n) is 9.23. The number of nitrogens with zero attached hydrogens (tertiary/aromatic N) is 4. The van der Waals surface area contributed by atoms with Gasteiger partial charge in [-0.05, 0) is 43.5 Å². The monoisotopic (exact) mass is 447 g/mol. The predicted octanol–water partition coefficient (Wildman–Crippen LogP) is 2.79. The number of rotatable bonds is 5. The molecule has 7 nitrogen and oxygen atoms in total. The lowest BCUT2D eigenvalue weighted by molar-refractivity contribution is -0.119. The average Bonchev–Trinajstić information content (AvgIpc) is 3.03. The van der Waals surface area contributed by atoms with Crippen LogP contribution in [-0.4, -0.2) is 72.1 Å². The van der Waals surface area contributed by atoms with Crippen LogP contribution < -0.4 is 10.3 Å². The molecule has 2 aliphatic rings. The number of likely N-dealkylation sites (tertiary alicyclic amines) is 1. The molecule has 4 unspecified atom stereocenters. The normalized spacial score (nSPS) is 26.2. The van der Waals surface area contributed by atoms with Gasteiger partial charge >= 0.3 is 6.03 Å². The van der Waals surface area contributed by atoms with E-state index in [4.69, 9.17) is 0 Å². The Morgan fingerprint density at radius 1 is 1.18 bits per heavy atom. The Hall–Kier alpha value is -3.08. The molecule has 0 bridgehead atoms. The topological polar surface area (TPSA) is 59.1 Å². The van der Waals surface area contributed by atoms with Crippen molar-refractivity contribution in [3.05, 3.63) is 66.2 Å². The first-order valence-electron chi connectivity index (χ1n) is 11.6. The van der Waals surface area contributed by atoms with Crippen molar-refractivity contribution in [2.45, 2.75) is 44.9 Å². The van der Waals surface area contributed by atoms with Crippen LogP contribution in [0, 0.1) is 18.1 Å². The molecule has 0 saturated carbocycles. The van der Waals surface area contributed by atoms with Crippen LogP contribution in [-0.2, 0) is 11.3 Å². The summed E-state index contributed by atoms with van der Waals surface area (Å²) in [6.07, 6.45) is 0.895. The standard InChI is InChI=1S/C26H33N5O2/c1-19-17-30(18-21-11-7-5-8-12-21)16-15-23(19)28(3)26(33)27-24-20(2)29(4)31(25(24)32)22-13-9-6-10-14-22/h5-7,9-11,13-14,19-20,23-24H,15-18H2,1-4H3,(H,27,33). The van der Waals surface area contributed by atoms with Gasteiger partial charge in [0.1, 0.15) is 6.04 Å². The molecule has 2 aromatic carbocycles. The van der Waals surface area contributed by atoms with Crippen molar-refractivity contribution < 1.29 is 9.59 Å². The van der Waals surface area contributed by atoms with Gasteiger partial charge in [0.2, 0.25) is 0 Å². The molecule has 0 radical (unpaired) electrons. The molecular weight excluding hydrogens is 414 g/mol. The van der Waals surface area contributed by atoms with Gasteiger partial charge in [0.15, 0.2) is 0 Å². The van der Waals surface area contributed by atoms with Gasteiger partial charge in [-0.15, -0.1) is 0 Å². The minimum Gasteiger partial charge on any atom is -0.325 e. The number of benzene rings is 1. The number of hydrogen-bond donors (Lipinski definition) is 1. The molecule has 0 aliphatic carbocycles. The van der Waals surface area contributed by atoms with E-state index in [1.54, 1.807) is 9.91 Å². The fraction of sp³-hybridized carbons (Fsp3) is 0.462. The van der Waals surface area contributed by atoms with Crippen LogP contribution in [0.4, 0.5) is 10.5 Å². The summed E-state index contributed by atoms with van der Waals surface area (Å²) in [6, 6.07) is 20.8. The van der Waals surface area contributed by atoms with Crippen molar-refractivity contribution in [1.82, 2.24) is 20.1 Å². The zero-order valence-corrected chi connectivity index (χ0v) is 19.9. The maximum atomic E-state index is 13.2. The number of carbonyl (C=O) groups is 2. The van der Waals surface area contributed by atoms with Crippen molar-refractivity contribution in [2.24, 2.45) is 5.92 Å². The highest BCUT2D eigenvalue weighted by Gasteiger charge is 2.44. The number of likely N-dealkylation sites (N-methyl/N-ethyl adjacent to an activating group) is 1. The third kappa shape index (κ3) is 4.82. The van der Waals surface area contributed by atoms with Crippen molar-refractivity contribution in [2.75, 3.05) is 32.2 Å². The lowest BCUT2D eigenvalue weighted by Gasteiger charge is -2.41. The Kier molecular flexibility index (Phi) is 6.87. The zero-order chi connectivity index (χ0) is 23.5. The van der Waals surface area contributed by atoms with E-state index < -0.39 is 6.04 Å². The summed E-state index contributed by atoms with van der Waals surface area (Å²) in [6.45, 7) is 6.83. The number of piperidine rings is 1. The Morgan fingerprint density at radius 2 is 1.94 bits per heavy atom. The van der Waals surface area contributed by atoms with Crippen molar-refractivity contribution in [3.63, 3.8) is 0 Å². The molecular formula is C26H33N5O2. The van der Waals surface area contributed by atoms with E-state index in [1.165, 1.54) is 0 Å². The van der Waals surface area contributed by atoms with E-state index >= 15 is 0 Å². The van der Waals surface area contributed by atoms with Crippen molar-refractivity contribution in [1.29, 1.82) is 0 Å². The minimum atomic E-state index is -0.592. The number of para-hydroxylation sites is 1. The molecule has 0 aromatic heterocycles. The van der Waals surface area contributed by atoms with E-state index in [9.17, 15) is 9.59 Å². The molecule has 174 valence electrons.